The van der Waals surface area contributed by atoms with Crippen LogP contribution in [0.4, 0.5) is 5.69 Å². The van der Waals surface area contributed by atoms with E-state index in [0.29, 0.717) is 19.0 Å². The monoisotopic (exact) mass is 221 g/mol. The van der Waals surface area contributed by atoms with Gasteiger partial charge < -0.3 is 15.7 Å². The fraction of sp³-hybridized carbons (Fsp3) is 0.583. The predicted molar refractivity (Wildman–Crippen MR) is 64.1 cm³/mol. The Kier molecular flexibility index (Phi) is 3.41. The van der Waals surface area contributed by atoms with Gasteiger partial charge in [-0.3, -0.25) is 4.98 Å². The van der Waals surface area contributed by atoms with Gasteiger partial charge in [0.2, 0.25) is 0 Å². The smallest absolute Gasteiger partial charge is 0.0741 e. The van der Waals surface area contributed by atoms with Crippen molar-refractivity contribution in [3.8, 4) is 0 Å². The first-order valence-electron chi connectivity index (χ1n) is 5.78. The fourth-order valence-corrected chi connectivity index (χ4v) is 2.01. The Morgan fingerprint density at radius 2 is 2.38 bits per heavy atom. The van der Waals surface area contributed by atoms with Crippen molar-refractivity contribution in [2.45, 2.75) is 26.0 Å². The van der Waals surface area contributed by atoms with Crippen molar-refractivity contribution in [3.05, 3.63) is 24.0 Å². The van der Waals surface area contributed by atoms with Gasteiger partial charge in [0.1, 0.15) is 0 Å². The summed E-state index contributed by atoms with van der Waals surface area (Å²) in [5.74, 6) is 0.396. The molecule has 2 rings (SSSR count). The summed E-state index contributed by atoms with van der Waals surface area (Å²) in [6, 6.07) is 3.97. The number of nitrogens with two attached hydrogens (primary N) is 1. The molecule has 16 heavy (non-hydrogen) atoms. The van der Waals surface area contributed by atoms with Crippen LogP contribution in [0.3, 0.4) is 0 Å². The normalized spacial score (nSPS) is 25.8. The second kappa shape index (κ2) is 4.80. The fourth-order valence-electron chi connectivity index (χ4n) is 2.01. The van der Waals surface area contributed by atoms with E-state index in [2.05, 4.69) is 16.8 Å². The first-order chi connectivity index (χ1) is 7.70. The first kappa shape index (κ1) is 11.4. The Morgan fingerprint density at radius 1 is 1.56 bits per heavy atom. The number of pyridine rings is 1. The van der Waals surface area contributed by atoms with Crippen LogP contribution in [-0.4, -0.2) is 29.3 Å². The molecule has 1 aromatic heterocycles. The largest absolute Gasteiger partial charge is 0.391 e. The molecule has 1 aliphatic heterocycles. The van der Waals surface area contributed by atoms with Gasteiger partial charge in [-0.1, -0.05) is 6.92 Å². The number of aromatic nitrogens is 1. The SMILES string of the molecule is CC1CCN(c2ccc(CN)nc2)CC1O. The van der Waals surface area contributed by atoms with Crippen molar-refractivity contribution in [2.75, 3.05) is 18.0 Å². The van der Waals surface area contributed by atoms with Gasteiger partial charge >= 0.3 is 0 Å². The molecule has 4 heteroatoms. The molecule has 0 aromatic carbocycles. The maximum Gasteiger partial charge on any atom is 0.0741 e. The molecule has 0 radical (unpaired) electrons. The maximum atomic E-state index is 9.83. The lowest BCUT2D eigenvalue weighted by Gasteiger charge is -2.35. The van der Waals surface area contributed by atoms with E-state index in [1.807, 2.05) is 18.3 Å². The van der Waals surface area contributed by atoms with Crippen LogP contribution in [0.1, 0.15) is 19.0 Å². The van der Waals surface area contributed by atoms with E-state index in [0.717, 1.165) is 24.3 Å². The number of hydrogen-bond donors (Lipinski definition) is 2. The highest BCUT2D eigenvalue weighted by atomic mass is 16.3. The molecule has 3 N–H and O–H groups in total. The van der Waals surface area contributed by atoms with Gasteiger partial charge in [0.15, 0.2) is 0 Å². The van der Waals surface area contributed by atoms with Crippen molar-refractivity contribution >= 4 is 5.69 Å². The van der Waals surface area contributed by atoms with Gasteiger partial charge in [-0.2, -0.15) is 0 Å². The highest BCUT2D eigenvalue weighted by Crippen LogP contribution is 2.22. The van der Waals surface area contributed by atoms with E-state index in [-0.39, 0.29) is 6.10 Å². The third kappa shape index (κ3) is 2.33. The molecule has 88 valence electrons. The van der Waals surface area contributed by atoms with Crippen molar-refractivity contribution in [1.29, 1.82) is 0 Å². The van der Waals surface area contributed by atoms with Crippen LogP contribution in [0.25, 0.3) is 0 Å². The van der Waals surface area contributed by atoms with Gasteiger partial charge in [-0.25, -0.2) is 0 Å². The van der Waals surface area contributed by atoms with Crippen LogP contribution in [0.15, 0.2) is 18.3 Å². The molecule has 0 spiro atoms. The number of aliphatic hydroxyl groups is 1. The van der Waals surface area contributed by atoms with Gasteiger partial charge in [0.05, 0.1) is 23.7 Å². The summed E-state index contributed by atoms with van der Waals surface area (Å²) in [6.45, 7) is 4.25. The molecule has 0 bridgehead atoms. The maximum absolute atomic E-state index is 9.83. The second-order valence-corrected chi connectivity index (χ2v) is 4.49. The molecule has 1 aliphatic rings. The zero-order valence-corrected chi connectivity index (χ0v) is 9.63. The van der Waals surface area contributed by atoms with Crippen LogP contribution >= 0.6 is 0 Å². The number of aliphatic hydroxyl groups excluding tert-OH is 1. The highest BCUT2D eigenvalue weighted by Gasteiger charge is 2.24. The van der Waals surface area contributed by atoms with Crippen LogP contribution in [0.5, 0.6) is 0 Å². The summed E-state index contributed by atoms with van der Waals surface area (Å²) in [5.41, 5.74) is 7.47. The quantitative estimate of drug-likeness (QED) is 0.773. The summed E-state index contributed by atoms with van der Waals surface area (Å²) < 4.78 is 0. The van der Waals surface area contributed by atoms with Crippen molar-refractivity contribution in [2.24, 2.45) is 11.7 Å². The lowest BCUT2D eigenvalue weighted by atomic mass is 9.96. The molecule has 0 amide bonds. The molecule has 0 saturated carbocycles. The van der Waals surface area contributed by atoms with E-state index in [1.54, 1.807) is 0 Å². The van der Waals surface area contributed by atoms with Crippen LogP contribution < -0.4 is 10.6 Å². The third-order valence-corrected chi connectivity index (χ3v) is 3.30. The van der Waals surface area contributed by atoms with E-state index < -0.39 is 0 Å². The summed E-state index contributed by atoms with van der Waals surface area (Å²) in [4.78, 5) is 6.45. The highest BCUT2D eigenvalue weighted by molar-refractivity contribution is 5.45. The van der Waals surface area contributed by atoms with E-state index in [1.165, 1.54) is 0 Å². The average molecular weight is 221 g/mol. The predicted octanol–water partition coefficient (Wildman–Crippen LogP) is 0.747. The Balaban J connectivity index is 2.06. The molecule has 2 heterocycles. The van der Waals surface area contributed by atoms with Crippen LogP contribution in [0.2, 0.25) is 0 Å². The number of anilines is 1. The minimum absolute atomic E-state index is 0.233. The van der Waals surface area contributed by atoms with E-state index >= 15 is 0 Å². The minimum Gasteiger partial charge on any atom is -0.391 e. The van der Waals surface area contributed by atoms with E-state index in [4.69, 9.17) is 5.73 Å². The van der Waals surface area contributed by atoms with Gasteiger partial charge in [-0.05, 0) is 24.5 Å². The zero-order valence-electron chi connectivity index (χ0n) is 9.63. The summed E-state index contributed by atoms with van der Waals surface area (Å²) >= 11 is 0. The van der Waals surface area contributed by atoms with E-state index in [9.17, 15) is 5.11 Å². The number of piperidine rings is 1. The van der Waals surface area contributed by atoms with Gasteiger partial charge in [0.25, 0.3) is 0 Å². The van der Waals surface area contributed by atoms with Gasteiger partial charge in [-0.15, -0.1) is 0 Å². The summed E-state index contributed by atoms with van der Waals surface area (Å²) in [5, 5.41) is 9.83. The molecule has 1 aromatic rings. The topological polar surface area (TPSA) is 62.4 Å². The lowest BCUT2D eigenvalue weighted by Crippen LogP contribution is -2.42. The molecule has 2 unspecified atom stereocenters. The molecule has 0 aliphatic carbocycles. The standard InChI is InChI=1S/C12H19N3O/c1-9-4-5-15(8-12(9)16)11-3-2-10(6-13)14-7-11/h2-3,7,9,12,16H,4-6,8,13H2,1H3. The number of nitrogens with zero attached hydrogens (tertiary/aromatic N) is 2. The van der Waals surface area contributed by atoms with Crippen LogP contribution in [-0.2, 0) is 6.54 Å². The van der Waals surface area contributed by atoms with Crippen molar-refractivity contribution in [1.82, 2.24) is 4.98 Å². The molecular weight excluding hydrogens is 202 g/mol. The van der Waals surface area contributed by atoms with Crippen molar-refractivity contribution < 1.29 is 5.11 Å². The molecule has 4 nitrogen and oxygen atoms in total. The third-order valence-electron chi connectivity index (χ3n) is 3.30. The summed E-state index contributed by atoms with van der Waals surface area (Å²) in [6.07, 6.45) is 2.63. The first-order valence-corrected chi connectivity index (χ1v) is 5.78. The number of hydrogen-bond acceptors (Lipinski definition) is 4. The van der Waals surface area contributed by atoms with Crippen molar-refractivity contribution in [3.63, 3.8) is 0 Å². The molecule has 1 fully saturated rings. The Morgan fingerprint density at radius 3 is 2.94 bits per heavy atom. The number of rotatable bonds is 2. The number of β-amino-alcohol motifs (C(OH)–C–C–N with tert-alkyl or cyclic N) is 1. The molecule has 1 saturated heterocycles. The summed E-state index contributed by atoms with van der Waals surface area (Å²) in [7, 11) is 0. The lowest BCUT2D eigenvalue weighted by molar-refractivity contribution is 0.103. The van der Waals surface area contributed by atoms with Crippen LogP contribution in [0, 0.1) is 5.92 Å². The Labute approximate surface area is 96.1 Å². The van der Waals surface area contributed by atoms with Gasteiger partial charge in [0, 0.05) is 19.6 Å². The second-order valence-electron chi connectivity index (χ2n) is 4.49. The molecular formula is C12H19N3O. The molecule has 2 atom stereocenters. The minimum atomic E-state index is -0.233. The average Bonchev–Trinajstić information content (AvgIpc) is 2.33. The zero-order chi connectivity index (χ0) is 11.5. The Bertz CT molecular complexity index is 339. The Hall–Kier alpha value is -1.13.